The molecule has 4 aromatic carbocycles. The molecule has 136 valence electrons. The molecular formula is C25H17BrO2. The van der Waals surface area contributed by atoms with E-state index in [1.165, 1.54) is 22.3 Å². The molecule has 0 radical (unpaired) electrons. The summed E-state index contributed by atoms with van der Waals surface area (Å²) in [7, 11) is 0. The summed E-state index contributed by atoms with van der Waals surface area (Å²) >= 11 is 3.65. The lowest BCUT2D eigenvalue weighted by molar-refractivity contribution is 0.475. The average molecular weight is 429 g/mol. The summed E-state index contributed by atoms with van der Waals surface area (Å²) in [4.78, 5) is 0. The Balaban J connectivity index is 1.96. The van der Waals surface area contributed by atoms with E-state index in [4.69, 9.17) is 0 Å². The molecule has 0 aliphatic heterocycles. The van der Waals surface area contributed by atoms with E-state index in [-0.39, 0.29) is 11.5 Å². The third kappa shape index (κ3) is 2.33. The Morgan fingerprint density at radius 1 is 0.571 bits per heavy atom. The number of rotatable bonds is 2. The Hall–Kier alpha value is -3.04. The molecule has 5 rings (SSSR count). The van der Waals surface area contributed by atoms with Crippen LogP contribution in [0.1, 0.15) is 22.3 Å². The van der Waals surface area contributed by atoms with Crippen molar-refractivity contribution in [3.05, 3.63) is 118 Å². The number of aromatic hydroxyl groups is 2. The molecule has 0 atom stereocenters. The number of phenols is 2. The van der Waals surface area contributed by atoms with Crippen molar-refractivity contribution in [2.75, 3.05) is 0 Å². The van der Waals surface area contributed by atoms with Gasteiger partial charge in [-0.25, -0.2) is 0 Å². The molecule has 0 aromatic heterocycles. The fourth-order valence-corrected chi connectivity index (χ4v) is 4.82. The van der Waals surface area contributed by atoms with Gasteiger partial charge in [-0.15, -0.1) is 0 Å². The van der Waals surface area contributed by atoms with Crippen molar-refractivity contribution >= 4 is 15.9 Å². The van der Waals surface area contributed by atoms with Crippen LogP contribution in [0.4, 0.5) is 0 Å². The van der Waals surface area contributed by atoms with E-state index in [1.807, 2.05) is 24.3 Å². The van der Waals surface area contributed by atoms with Crippen LogP contribution in [-0.2, 0) is 5.41 Å². The van der Waals surface area contributed by atoms with Gasteiger partial charge in [0.1, 0.15) is 11.5 Å². The molecule has 0 unspecified atom stereocenters. The van der Waals surface area contributed by atoms with Crippen molar-refractivity contribution in [2.24, 2.45) is 0 Å². The number of halogens is 1. The first kappa shape index (κ1) is 17.1. The molecule has 0 saturated carbocycles. The van der Waals surface area contributed by atoms with E-state index in [0.717, 1.165) is 15.6 Å². The normalized spacial score (nSPS) is 13.8. The van der Waals surface area contributed by atoms with Crippen molar-refractivity contribution < 1.29 is 10.2 Å². The maximum atomic E-state index is 9.88. The van der Waals surface area contributed by atoms with Crippen LogP contribution in [0.3, 0.4) is 0 Å². The van der Waals surface area contributed by atoms with E-state index in [0.29, 0.717) is 0 Å². The number of benzene rings is 4. The Morgan fingerprint density at radius 3 is 1.71 bits per heavy atom. The number of hydrogen-bond donors (Lipinski definition) is 2. The molecule has 4 aromatic rings. The van der Waals surface area contributed by atoms with Crippen molar-refractivity contribution in [1.29, 1.82) is 0 Å². The standard InChI is InChI=1S/C25H17BrO2/c26-18-9-14-22-21-3-1-2-4-23(21)25(24(22)15-18,16-5-10-19(27)11-6-16)17-7-12-20(28)13-8-17/h1-15,27-28H. The fraction of sp³-hybridized carbons (Fsp3) is 0.0400. The molecule has 1 aliphatic carbocycles. The molecule has 2 nitrogen and oxygen atoms in total. The van der Waals surface area contributed by atoms with Gasteiger partial charge >= 0.3 is 0 Å². The second-order valence-corrected chi connectivity index (χ2v) is 7.99. The SMILES string of the molecule is Oc1ccc(C2(c3ccc(O)cc3)c3ccccc3-c3ccc(Br)cc32)cc1. The monoisotopic (exact) mass is 428 g/mol. The van der Waals surface area contributed by atoms with Gasteiger partial charge in [0.25, 0.3) is 0 Å². The summed E-state index contributed by atoms with van der Waals surface area (Å²) in [5.41, 5.74) is 6.38. The predicted molar refractivity (Wildman–Crippen MR) is 115 cm³/mol. The number of phenolic OH excluding ortho intramolecular Hbond substituents is 2. The average Bonchev–Trinajstić information content (AvgIpc) is 3.00. The van der Waals surface area contributed by atoms with Crippen LogP contribution >= 0.6 is 15.9 Å². The van der Waals surface area contributed by atoms with Crippen molar-refractivity contribution in [3.8, 4) is 22.6 Å². The lowest BCUT2D eigenvalue weighted by Crippen LogP contribution is -2.28. The van der Waals surface area contributed by atoms with Crippen LogP contribution in [0.5, 0.6) is 11.5 Å². The summed E-state index contributed by atoms with van der Waals surface area (Å²) in [6, 6.07) is 29.7. The first-order chi connectivity index (χ1) is 13.6. The minimum Gasteiger partial charge on any atom is -0.508 e. The van der Waals surface area contributed by atoms with Gasteiger partial charge in [-0.2, -0.15) is 0 Å². The van der Waals surface area contributed by atoms with Gasteiger partial charge in [-0.3, -0.25) is 0 Å². The second kappa shape index (κ2) is 6.25. The minimum atomic E-state index is -0.531. The van der Waals surface area contributed by atoms with E-state index < -0.39 is 5.41 Å². The van der Waals surface area contributed by atoms with Crippen molar-refractivity contribution in [3.63, 3.8) is 0 Å². The summed E-state index contributed by atoms with van der Waals surface area (Å²) in [5, 5.41) is 19.8. The van der Waals surface area contributed by atoms with Gasteiger partial charge < -0.3 is 10.2 Å². The molecule has 1 aliphatic rings. The maximum Gasteiger partial charge on any atom is 0.115 e. The Labute approximate surface area is 171 Å². The van der Waals surface area contributed by atoms with Crippen molar-refractivity contribution in [2.45, 2.75) is 5.41 Å². The molecule has 28 heavy (non-hydrogen) atoms. The summed E-state index contributed by atoms with van der Waals surface area (Å²) in [6.07, 6.45) is 0. The fourth-order valence-electron chi connectivity index (χ4n) is 4.46. The lowest BCUT2D eigenvalue weighted by Gasteiger charge is -2.34. The third-order valence-corrected chi connectivity index (χ3v) is 6.10. The predicted octanol–water partition coefficient (Wildman–Crippen LogP) is 6.22. The molecule has 3 heteroatoms. The molecule has 0 spiro atoms. The van der Waals surface area contributed by atoms with Gasteiger partial charge in [-0.05, 0) is 69.8 Å². The molecule has 0 amide bonds. The van der Waals surface area contributed by atoms with E-state index in [2.05, 4.69) is 58.4 Å². The highest BCUT2D eigenvalue weighted by molar-refractivity contribution is 9.10. The molecule has 0 fully saturated rings. The van der Waals surface area contributed by atoms with E-state index in [9.17, 15) is 10.2 Å². The summed E-state index contributed by atoms with van der Waals surface area (Å²) < 4.78 is 1.01. The number of fused-ring (bicyclic) bond motifs is 3. The largest absolute Gasteiger partial charge is 0.508 e. The first-order valence-electron chi connectivity index (χ1n) is 9.09. The summed E-state index contributed by atoms with van der Waals surface area (Å²) in [6.45, 7) is 0. The zero-order valence-electron chi connectivity index (χ0n) is 14.9. The highest BCUT2D eigenvalue weighted by Crippen LogP contribution is 2.56. The van der Waals surface area contributed by atoms with Crippen LogP contribution in [0.15, 0.2) is 95.5 Å². The molecule has 2 N–H and O–H groups in total. The Morgan fingerprint density at radius 2 is 1.11 bits per heavy atom. The van der Waals surface area contributed by atoms with Gasteiger partial charge in [0, 0.05) is 4.47 Å². The molecule has 0 heterocycles. The highest BCUT2D eigenvalue weighted by atomic mass is 79.9. The zero-order valence-corrected chi connectivity index (χ0v) is 16.5. The zero-order chi connectivity index (χ0) is 19.3. The van der Waals surface area contributed by atoms with Crippen LogP contribution in [0.2, 0.25) is 0 Å². The van der Waals surface area contributed by atoms with Gasteiger partial charge in [0.15, 0.2) is 0 Å². The molecular weight excluding hydrogens is 412 g/mol. The van der Waals surface area contributed by atoms with Gasteiger partial charge in [-0.1, -0.05) is 70.5 Å². The topological polar surface area (TPSA) is 40.5 Å². The maximum absolute atomic E-state index is 9.88. The first-order valence-corrected chi connectivity index (χ1v) is 9.89. The van der Waals surface area contributed by atoms with E-state index >= 15 is 0 Å². The molecule has 0 saturated heterocycles. The Bertz CT molecular complexity index is 1130. The van der Waals surface area contributed by atoms with Gasteiger partial charge in [0.2, 0.25) is 0 Å². The molecule has 0 bridgehead atoms. The smallest absolute Gasteiger partial charge is 0.115 e. The van der Waals surface area contributed by atoms with Crippen LogP contribution in [0, 0.1) is 0 Å². The third-order valence-electron chi connectivity index (χ3n) is 5.61. The van der Waals surface area contributed by atoms with Crippen molar-refractivity contribution in [1.82, 2.24) is 0 Å². The van der Waals surface area contributed by atoms with Gasteiger partial charge in [0.05, 0.1) is 5.41 Å². The van der Waals surface area contributed by atoms with Crippen LogP contribution in [-0.4, -0.2) is 10.2 Å². The van der Waals surface area contributed by atoms with Crippen LogP contribution < -0.4 is 0 Å². The minimum absolute atomic E-state index is 0.241. The quantitative estimate of drug-likeness (QED) is 0.350. The Kier molecular flexibility index (Phi) is 3.81. The van der Waals surface area contributed by atoms with Crippen LogP contribution in [0.25, 0.3) is 11.1 Å². The lowest BCUT2D eigenvalue weighted by atomic mass is 9.68. The van der Waals surface area contributed by atoms with E-state index in [1.54, 1.807) is 24.3 Å². The second-order valence-electron chi connectivity index (χ2n) is 7.08. The highest BCUT2D eigenvalue weighted by Gasteiger charge is 2.46. The summed E-state index contributed by atoms with van der Waals surface area (Å²) in [5.74, 6) is 0.482. The number of hydrogen-bond acceptors (Lipinski definition) is 2.